The first-order chi connectivity index (χ1) is 13.5. The Hall–Kier alpha value is -3.02. The van der Waals surface area contributed by atoms with E-state index >= 15 is 0 Å². The van der Waals surface area contributed by atoms with Crippen molar-refractivity contribution in [2.75, 3.05) is 26.6 Å². The van der Waals surface area contributed by atoms with Crippen LogP contribution in [0.5, 0.6) is 11.5 Å². The smallest absolute Gasteiger partial charge is 0.316 e. The first kappa shape index (κ1) is 19.7. The van der Waals surface area contributed by atoms with Crippen molar-refractivity contribution in [3.05, 3.63) is 53.6 Å². The van der Waals surface area contributed by atoms with Crippen molar-refractivity contribution in [2.45, 2.75) is 31.1 Å². The first-order valence-electron chi connectivity index (χ1n) is 9.26. The second-order valence-corrected chi connectivity index (χ2v) is 6.88. The first-order valence-corrected chi connectivity index (χ1v) is 9.26. The van der Waals surface area contributed by atoms with Gasteiger partial charge >= 0.3 is 5.97 Å². The van der Waals surface area contributed by atoms with E-state index in [1.165, 1.54) is 14.2 Å². The van der Waals surface area contributed by atoms with Crippen LogP contribution in [-0.2, 0) is 14.9 Å². The molecule has 0 heterocycles. The van der Waals surface area contributed by atoms with E-state index < -0.39 is 5.41 Å². The average molecular weight is 383 g/mol. The predicted molar refractivity (Wildman–Crippen MR) is 106 cm³/mol. The van der Waals surface area contributed by atoms with Crippen LogP contribution < -0.4 is 14.8 Å². The number of carbonyl (C=O) groups is 2. The van der Waals surface area contributed by atoms with Crippen molar-refractivity contribution in [3.63, 3.8) is 0 Å². The monoisotopic (exact) mass is 383 g/mol. The van der Waals surface area contributed by atoms with Crippen LogP contribution >= 0.6 is 0 Å². The van der Waals surface area contributed by atoms with Crippen molar-refractivity contribution in [2.24, 2.45) is 0 Å². The Kier molecular flexibility index (Phi) is 5.87. The molecule has 1 aliphatic carbocycles. The number of amides is 1. The molecule has 0 atom stereocenters. The van der Waals surface area contributed by atoms with Gasteiger partial charge in [0.05, 0.1) is 26.7 Å². The van der Waals surface area contributed by atoms with Crippen molar-refractivity contribution in [1.82, 2.24) is 0 Å². The van der Waals surface area contributed by atoms with Gasteiger partial charge in [-0.3, -0.25) is 9.59 Å². The summed E-state index contributed by atoms with van der Waals surface area (Å²) in [6.45, 7) is 0. The second kappa shape index (κ2) is 8.33. The molecule has 3 rings (SSSR count). The molecular weight excluding hydrogens is 358 g/mol. The molecule has 1 aliphatic rings. The lowest BCUT2D eigenvalue weighted by Gasteiger charge is -2.26. The van der Waals surface area contributed by atoms with Gasteiger partial charge in [-0.15, -0.1) is 0 Å². The zero-order valence-electron chi connectivity index (χ0n) is 16.4. The van der Waals surface area contributed by atoms with Crippen molar-refractivity contribution in [3.8, 4) is 11.5 Å². The van der Waals surface area contributed by atoms with Gasteiger partial charge in [0.1, 0.15) is 0 Å². The Balaban J connectivity index is 1.77. The van der Waals surface area contributed by atoms with Crippen molar-refractivity contribution < 1.29 is 23.8 Å². The van der Waals surface area contributed by atoms with Gasteiger partial charge in [0.15, 0.2) is 11.5 Å². The summed E-state index contributed by atoms with van der Waals surface area (Å²) < 4.78 is 15.5. The summed E-state index contributed by atoms with van der Waals surface area (Å²) in [6.07, 6.45) is 3.59. The van der Waals surface area contributed by atoms with Crippen molar-refractivity contribution >= 4 is 17.6 Å². The van der Waals surface area contributed by atoms with Gasteiger partial charge in [-0.25, -0.2) is 0 Å². The molecule has 2 aromatic rings. The maximum Gasteiger partial charge on any atom is 0.316 e. The molecule has 0 bridgehead atoms. The molecule has 0 spiro atoms. The van der Waals surface area contributed by atoms with E-state index in [9.17, 15) is 9.59 Å². The number of methoxy groups -OCH3 is 3. The van der Waals surface area contributed by atoms with Gasteiger partial charge in [0.25, 0.3) is 5.91 Å². The zero-order valence-corrected chi connectivity index (χ0v) is 16.4. The second-order valence-electron chi connectivity index (χ2n) is 6.88. The third kappa shape index (κ3) is 3.67. The summed E-state index contributed by atoms with van der Waals surface area (Å²) in [6, 6.07) is 12.4. The molecule has 6 heteroatoms. The Bertz CT molecular complexity index is 854. The van der Waals surface area contributed by atoms with E-state index in [-0.39, 0.29) is 11.9 Å². The Morgan fingerprint density at radius 3 is 2.11 bits per heavy atom. The van der Waals surface area contributed by atoms with E-state index in [0.717, 1.165) is 31.2 Å². The summed E-state index contributed by atoms with van der Waals surface area (Å²) in [7, 11) is 4.50. The molecular formula is C22H25NO5. The SMILES string of the molecule is COC(=O)C1(c2ccc(NC(=O)c3ccc(OC)c(OC)c3)cc2)CCCC1. The van der Waals surface area contributed by atoms with Crippen LogP contribution in [0.25, 0.3) is 0 Å². The highest BCUT2D eigenvalue weighted by Crippen LogP contribution is 2.42. The minimum absolute atomic E-state index is 0.188. The fourth-order valence-corrected chi connectivity index (χ4v) is 3.84. The third-order valence-corrected chi connectivity index (χ3v) is 5.37. The van der Waals surface area contributed by atoms with Crippen LogP contribution in [0.4, 0.5) is 5.69 Å². The quantitative estimate of drug-likeness (QED) is 0.765. The fraction of sp³-hybridized carbons (Fsp3) is 0.364. The normalized spacial score (nSPS) is 15.0. The summed E-state index contributed by atoms with van der Waals surface area (Å²) in [5.41, 5.74) is 1.48. The number of ether oxygens (including phenoxy) is 3. The molecule has 0 unspecified atom stereocenters. The van der Waals surface area contributed by atoms with Crippen LogP contribution in [-0.4, -0.2) is 33.2 Å². The molecule has 1 amide bonds. The maximum atomic E-state index is 12.6. The molecule has 0 aromatic heterocycles. The van der Waals surface area contributed by atoms with E-state index in [4.69, 9.17) is 14.2 Å². The topological polar surface area (TPSA) is 73.9 Å². The minimum atomic E-state index is -0.569. The lowest BCUT2D eigenvalue weighted by molar-refractivity contribution is -0.147. The molecule has 1 saturated carbocycles. The van der Waals surface area contributed by atoms with Gasteiger partial charge < -0.3 is 19.5 Å². The number of anilines is 1. The standard InChI is InChI=1S/C22H25NO5/c1-26-18-11-6-15(14-19(18)27-2)20(24)23-17-9-7-16(8-10-17)22(21(25)28-3)12-4-5-13-22/h6-11,14H,4-5,12-13H2,1-3H3,(H,23,24). The number of benzene rings is 2. The lowest BCUT2D eigenvalue weighted by atomic mass is 9.79. The molecule has 0 saturated heterocycles. The van der Waals surface area contributed by atoms with Crippen LogP contribution in [0.1, 0.15) is 41.6 Å². The Morgan fingerprint density at radius 2 is 1.54 bits per heavy atom. The lowest BCUT2D eigenvalue weighted by Crippen LogP contribution is -2.34. The van der Waals surface area contributed by atoms with Crippen LogP contribution in [0.2, 0.25) is 0 Å². The zero-order chi connectivity index (χ0) is 20.1. The highest BCUT2D eigenvalue weighted by Gasteiger charge is 2.43. The van der Waals surface area contributed by atoms with Gasteiger partial charge in [-0.1, -0.05) is 25.0 Å². The van der Waals surface area contributed by atoms with Crippen LogP contribution in [0.15, 0.2) is 42.5 Å². The summed E-state index contributed by atoms with van der Waals surface area (Å²) >= 11 is 0. The number of esters is 1. The molecule has 1 N–H and O–H groups in total. The van der Waals surface area contributed by atoms with Crippen molar-refractivity contribution in [1.29, 1.82) is 0 Å². The average Bonchev–Trinajstić information content (AvgIpc) is 3.24. The molecule has 6 nitrogen and oxygen atoms in total. The molecule has 0 radical (unpaired) electrons. The largest absolute Gasteiger partial charge is 0.493 e. The number of hydrogen-bond acceptors (Lipinski definition) is 5. The number of nitrogens with one attached hydrogen (secondary N) is 1. The number of hydrogen-bond donors (Lipinski definition) is 1. The van der Waals surface area contributed by atoms with E-state index in [1.807, 2.05) is 24.3 Å². The minimum Gasteiger partial charge on any atom is -0.493 e. The highest BCUT2D eigenvalue weighted by atomic mass is 16.5. The molecule has 148 valence electrons. The maximum absolute atomic E-state index is 12.6. The van der Waals surface area contributed by atoms with Crippen LogP contribution in [0, 0.1) is 0 Å². The fourth-order valence-electron chi connectivity index (χ4n) is 3.84. The van der Waals surface area contributed by atoms with Gasteiger partial charge in [0, 0.05) is 11.3 Å². The third-order valence-electron chi connectivity index (χ3n) is 5.37. The Morgan fingerprint density at radius 1 is 0.893 bits per heavy atom. The molecule has 28 heavy (non-hydrogen) atoms. The predicted octanol–water partition coefficient (Wildman–Crippen LogP) is 3.94. The molecule has 1 fully saturated rings. The van der Waals surface area contributed by atoms with E-state index in [2.05, 4.69) is 5.32 Å². The molecule has 0 aliphatic heterocycles. The number of carbonyl (C=O) groups excluding carboxylic acids is 2. The van der Waals surface area contributed by atoms with Crippen LogP contribution in [0.3, 0.4) is 0 Å². The van der Waals surface area contributed by atoms with E-state index in [1.54, 1.807) is 25.3 Å². The summed E-state index contributed by atoms with van der Waals surface area (Å²) in [5.74, 6) is 0.615. The molecule has 2 aromatic carbocycles. The Labute approximate surface area is 164 Å². The number of rotatable bonds is 6. The summed E-state index contributed by atoms with van der Waals surface area (Å²) in [5, 5.41) is 2.87. The van der Waals surface area contributed by atoms with Gasteiger partial charge in [-0.2, -0.15) is 0 Å². The van der Waals surface area contributed by atoms with Gasteiger partial charge in [-0.05, 0) is 48.7 Å². The van der Waals surface area contributed by atoms with E-state index in [0.29, 0.717) is 22.7 Å². The summed E-state index contributed by atoms with van der Waals surface area (Å²) in [4.78, 5) is 24.9. The van der Waals surface area contributed by atoms with Gasteiger partial charge in [0.2, 0.25) is 0 Å². The highest BCUT2D eigenvalue weighted by molar-refractivity contribution is 6.04.